The van der Waals surface area contributed by atoms with Crippen LogP contribution in [0.25, 0.3) is 22.8 Å². The van der Waals surface area contributed by atoms with E-state index in [1.165, 1.54) is 12.1 Å². The number of nitrogens with one attached hydrogen (secondary N) is 1. The van der Waals surface area contributed by atoms with Crippen molar-refractivity contribution in [2.75, 3.05) is 6.26 Å². The number of halogens is 3. The van der Waals surface area contributed by atoms with E-state index in [4.69, 9.17) is 23.2 Å². The molecule has 0 saturated heterocycles. The number of hydrogen-bond acceptors (Lipinski definition) is 3. The maximum Gasteiger partial charge on any atom is 0.157 e. The molecular weight excluding hydrogens is 360 g/mol. The topological polar surface area (TPSA) is 58.6 Å². The fourth-order valence-corrected chi connectivity index (χ4v) is 3.15. The number of imidazole rings is 1. The van der Waals surface area contributed by atoms with Crippen molar-refractivity contribution in [3.05, 3.63) is 52.5 Å². The van der Waals surface area contributed by atoms with E-state index in [-0.39, 0.29) is 0 Å². The van der Waals surface area contributed by atoms with Gasteiger partial charge in [0.15, 0.2) is 5.82 Å². The fourth-order valence-electron chi connectivity index (χ4n) is 2.03. The second-order valence-electron chi connectivity index (χ2n) is 4.71. The normalized spacial score (nSPS) is 12.3. The molecule has 0 aliphatic rings. The maximum atomic E-state index is 12.9. The highest BCUT2D eigenvalue weighted by molar-refractivity contribution is 7.84. The number of hydrogen-bond donors (Lipinski definition) is 1. The Bertz CT molecular complexity index is 896. The van der Waals surface area contributed by atoms with Crippen LogP contribution in [0.4, 0.5) is 4.39 Å². The van der Waals surface area contributed by atoms with E-state index >= 15 is 0 Å². The molecule has 0 fully saturated rings. The second kappa shape index (κ2) is 6.39. The molecule has 0 radical (unpaired) electrons. The number of benzene rings is 1. The first kappa shape index (κ1) is 16.1. The van der Waals surface area contributed by atoms with Gasteiger partial charge in [-0.05, 0) is 30.3 Å². The number of nitrogens with zero attached hydrogens (tertiary/aromatic N) is 2. The van der Waals surface area contributed by atoms with Crippen molar-refractivity contribution >= 4 is 34.0 Å². The summed E-state index contributed by atoms with van der Waals surface area (Å²) in [7, 11) is -1.13. The van der Waals surface area contributed by atoms with Gasteiger partial charge in [-0.3, -0.25) is 4.21 Å². The molecule has 118 valence electrons. The first-order valence-corrected chi connectivity index (χ1v) is 8.78. The monoisotopic (exact) mass is 369 g/mol. The molecule has 1 aromatic carbocycles. The van der Waals surface area contributed by atoms with Crippen LogP contribution in [0.5, 0.6) is 0 Å². The van der Waals surface area contributed by atoms with Gasteiger partial charge in [-0.15, -0.1) is 0 Å². The van der Waals surface area contributed by atoms with Crippen molar-refractivity contribution in [2.45, 2.75) is 4.90 Å². The Morgan fingerprint density at radius 1 is 1.22 bits per heavy atom. The Labute approximate surface area is 144 Å². The van der Waals surface area contributed by atoms with Gasteiger partial charge in [0.25, 0.3) is 0 Å². The SMILES string of the molecule is CS(=O)c1ccc(-c2nc(-c3ccc(F)cn3)[nH]c2Cl)c(Cl)c1. The van der Waals surface area contributed by atoms with Gasteiger partial charge >= 0.3 is 0 Å². The molecule has 3 aromatic rings. The number of rotatable bonds is 3. The zero-order valence-corrected chi connectivity index (χ0v) is 14.1. The number of aromatic amines is 1. The summed E-state index contributed by atoms with van der Waals surface area (Å²) in [6.07, 6.45) is 2.68. The van der Waals surface area contributed by atoms with Crippen molar-refractivity contribution in [2.24, 2.45) is 0 Å². The number of H-pyrrole nitrogens is 1. The molecule has 0 saturated carbocycles. The van der Waals surface area contributed by atoms with E-state index in [0.29, 0.717) is 37.8 Å². The third-order valence-electron chi connectivity index (χ3n) is 3.16. The fraction of sp³-hybridized carbons (Fsp3) is 0.0667. The summed E-state index contributed by atoms with van der Waals surface area (Å²) in [5, 5.41) is 0.683. The van der Waals surface area contributed by atoms with Crippen molar-refractivity contribution in [3.63, 3.8) is 0 Å². The Balaban J connectivity index is 2.04. The molecule has 1 atom stereocenters. The highest BCUT2D eigenvalue weighted by atomic mass is 35.5. The maximum absolute atomic E-state index is 12.9. The minimum atomic E-state index is -1.13. The van der Waals surface area contributed by atoms with Crippen LogP contribution in [0, 0.1) is 5.82 Å². The smallest absolute Gasteiger partial charge is 0.157 e. The summed E-state index contributed by atoms with van der Waals surface area (Å²) < 4.78 is 24.4. The van der Waals surface area contributed by atoms with Gasteiger partial charge in [0, 0.05) is 27.5 Å². The zero-order chi connectivity index (χ0) is 16.6. The molecule has 4 nitrogen and oxygen atoms in total. The highest BCUT2D eigenvalue weighted by Crippen LogP contribution is 2.34. The van der Waals surface area contributed by atoms with Crippen LogP contribution < -0.4 is 0 Å². The van der Waals surface area contributed by atoms with Crippen LogP contribution in [0.15, 0.2) is 41.4 Å². The zero-order valence-electron chi connectivity index (χ0n) is 11.8. The van der Waals surface area contributed by atoms with Crippen LogP contribution in [0.3, 0.4) is 0 Å². The number of pyridine rings is 1. The van der Waals surface area contributed by atoms with Crippen LogP contribution >= 0.6 is 23.2 Å². The molecule has 8 heteroatoms. The van der Waals surface area contributed by atoms with Gasteiger partial charge in [0.05, 0.1) is 11.2 Å². The molecule has 0 spiro atoms. The van der Waals surface area contributed by atoms with E-state index in [1.54, 1.807) is 24.5 Å². The van der Waals surface area contributed by atoms with Gasteiger partial charge in [-0.25, -0.2) is 14.4 Å². The van der Waals surface area contributed by atoms with Gasteiger partial charge in [-0.1, -0.05) is 23.2 Å². The highest BCUT2D eigenvalue weighted by Gasteiger charge is 2.16. The summed E-state index contributed by atoms with van der Waals surface area (Å²) in [5.74, 6) is -0.0259. The molecule has 0 bridgehead atoms. The Morgan fingerprint density at radius 3 is 2.61 bits per heavy atom. The molecule has 0 aliphatic heterocycles. The summed E-state index contributed by atoms with van der Waals surface area (Å²) >= 11 is 12.4. The lowest BCUT2D eigenvalue weighted by molar-refractivity contribution is 0.621. The van der Waals surface area contributed by atoms with Crippen LogP contribution in [-0.2, 0) is 10.8 Å². The third kappa shape index (κ3) is 3.29. The lowest BCUT2D eigenvalue weighted by Gasteiger charge is -2.03. The summed E-state index contributed by atoms with van der Waals surface area (Å²) in [4.78, 5) is 11.8. The van der Waals surface area contributed by atoms with E-state index in [9.17, 15) is 8.60 Å². The molecule has 1 unspecified atom stereocenters. The molecule has 23 heavy (non-hydrogen) atoms. The first-order chi connectivity index (χ1) is 11.0. The average molecular weight is 370 g/mol. The van der Waals surface area contributed by atoms with E-state index in [0.717, 1.165) is 6.20 Å². The lowest BCUT2D eigenvalue weighted by atomic mass is 10.2. The van der Waals surface area contributed by atoms with Gasteiger partial charge in [0.1, 0.15) is 22.4 Å². The standard InChI is InChI=1S/C15H10Cl2FN3OS/c1-23(22)9-3-4-10(11(16)6-9)13-14(17)21-15(20-13)12-5-2-8(18)7-19-12/h2-7H,1H3,(H,20,21). The molecule has 1 N–H and O–H groups in total. The lowest BCUT2D eigenvalue weighted by Crippen LogP contribution is -1.89. The van der Waals surface area contributed by atoms with Crippen LogP contribution in [-0.4, -0.2) is 25.4 Å². The minimum absolute atomic E-state index is 0.290. The number of aromatic nitrogens is 3. The Morgan fingerprint density at radius 2 is 2.00 bits per heavy atom. The molecule has 2 aromatic heterocycles. The summed E-state index contributed by atoms with van der Waals surface area (Å²) in [5.41, 5.74) is 1.52. The van der Waals surface area contributed by atoms with Crippen molar-refractivity contribution in [1.29, 1.82) is 0 Å². The third-order valence-corrected chi connectivity index (χ3v) is 4.66. The van der Waals surface area contributed by atoms with Crippen molar-refractivity contribution < 1.29 is 8.60 Å². The molecular formula is C15H10Cl2FN3OS. The quantitative estimate of drug-likeness (QED) is 0.747. The largest absolute Gasteiger partial charge is 0.327 e. The van der Waals surface area contributed by atoms with Gasteiger partial charge in [-0.2, -0.15) is 0 Å². The Hall–Kier alpha value is -1.76. The summed E-state index contributed by atoms with van der Waals surface area (Å²) in [6, 6.07) is 7.82. The predicted octanol–water partition coefficient (Wildman–Crippen LogP) is 4.32. The molecule has 3 rings (SSSR count). The average Bonchev–Trinajstić information content (AvgIpc) is 2.89. The van der Waals surface area contributed by atoms with Crippen LogP contribution in [0.2, 0.25) is 10.2 Å². The predicted molar refractivity (Wildman–Crippen MR) is 89.6 cm³/mol. The molecule has 0 amide bonds. The summed E-state index contributed by atoms with van der Waals surface area (Å²) in [6.45, 7) is 0. The molecule has 0 aliphatic carbocycles. The Kier molecular flexibility index (Phi) is 4.48. The van der Waals surface area contributed by atoms with Crippen molar-refractivity contribution in [3.8, 4) is 22.8 Å². The van der Waals surface area contributed by atoms with Gasteiger partial charge < -0.3 is 4.98 Å². The first-order valence-electron chi connectivity index (χ1n) is 6.46. The van der Waals surface area contributed by atoms with E-state index in [2.05, 4.69) is 15.0 Å². The second-order valence-corrected chi connectivity index (χ2v) is 6.87. The van der Waals surface area contributed by atoms with Crippen LogP contribution in [0.1, 0.15) is 0 Å². The molecule has 2 heterocycles. The minimum Gasteiger partial charge on any atom is -0.327 e. The van der Waals surface area contributed by atoms with Gasteiger partial charge in [0.2, 0.25) is 0 Å². The van der Waals surface area contributed by atoms with Crippen molar-refractivity contribution in [1.82, 2.24) is 15.0 Å². The van der Waals surface area contributed by atoms with E-state index in [1.807, 2.05) is 0 Å². The van der Waals surface area contributed by atoms with E-state index < -0.39 is 16.6 Å².